The Morgan fingerprint density at radius 2 is 1.67 bits per heavy atom. The summed E-state index contributed by atoms with van der Waals surface area (Å²) in [5.41, 5.74) is -0.155. The zero-order chi connectivity index (χ0) is 32.0. The van der Waals surface area contributed by atoms with Gasteiger partial charge in [-0.1, -0.05) is 39.0 Å². The van der Waals surface area contributed by atoms with E-state index in [1.54, 1.807) is 0 Å². The number of esters is 2. The van der Waals surface area contributed by atoms with Crippen LogP contribution in [0.5, 0.6) is 0 Å². The van der Waals surface area contributed by atoms with Crippen molar-refractivity contribution in [3.63, 3.8) is 0 Å². The molecule has 7 heteroatoms. The first-order valence-electron chi connectivity index (χ1n) is 16.0. The van der Waals surface area contributed by atoms with Gasteiger partial charge in [0.1, 0.15) is 11.7 Å². The standard InChI is InChI=1S/C35H60O7/c1-13-22(2)32(38)39-29-21-27(41-34(7,8)9)18-24-15-14-23(3)28(31(24)29)17-16-26(40-33(4,5)6)19-25(36)20-30(37)42-35(10,11)12/h14-15,18,22-23,25-29,31,36H,13,16-17,19-21H2,1-12H3/t22-,23-,25+,26+,27+,28-,29-,31-/m0/s1. The van der Waals surface area contributed by atoms with E-state index in [1.807, 2.05) is 76.2 Å². The van der Waals surface area contributed by atoms with Crippen LogP contribution < -0.4 is 0 Å². The first-order valence-corrected chi connectivity index (χ1v) is 16.0. The van der Waals surface area contributed by atoms with Crippen molar-refractivity contribution in [2.24, 2.45) is 23.7 Å². The largest absolute Gasteiger partial charge is 0.461 e. The zero-order valence-electron chi connectivity index (χ0n) is 28.5. The van der Waals surface area contributed by atoms with Crippen LogP contribution in [0.2, 0.25) is 0 Å². The Bertz CT molecular complexity index is 946. The molecule has 7 nitrogen and oxygen atoms in total. The molecule has 242 valence electrons. The smallest absolute Gasteiger partial charge is 0.308 e. The van der Waals surface area contributed by atoms with Crippen molar-refractivity contribution in [3.8, 4) is 0 Å². The highest BCUT2D eigenvalue weighted by Crippen LogP contribution is 2.45. The van der Waals surface area contributed by atoms with Gasteiger partial charge < -0.3 is 24.1 Å². The summed E-state index contributed by atoms with van der Waals surface area (Å²) < 4.78 is 24.4. The molecule has 0 unspecified atom stereocenters. The molecule has 0 saturated heterocycles. The van der Waals surface area contributed by atoms with Crippen molar-refractivity contribution >= 4 is 11.9 Å². The van der Waals surface area contributed by atoms with Crippen molar-refractivity contribution < 1.29 is 33.6 Å². The summed E-state index contributed by atoms with van der Waals surface area (Å²) in [5.74, 6) is -0.171. The predicted octanol–water partition coefficient (Wildman–Crippen LogP) is 7.34. The lowest BCUT2D eigenvalue weighted by Crippen LogP contribution is -2.45. The molecule has 0 amide bonds. The van der Waals surface area contributed by atoms with E-state index in [-0.39, 0.29) is 60.0 Å². The number of allylic oxidation sites excluding steroid dienone is 2. The number of rotatable bonds is 12. The number of carbonyl (C=O) groups is 2. The van der Waals surface area contributed by atoms with Crippen LogP contribution in [-0.2, 0) is 28.5 Å². The van der Waals surface area contributed by atoms with E-state index in [1.165, 1.54) is 5.57 Å². The van der Waals surface area contributed by atoms with Crippen molar-refractivity contribution in [2.45, 2.75) is 163 Å². The van der Waals surface area contributed by atoms with Gasteiger partial charge in [-0.05, 0) is 99.0 Å². The van der Waals surface area contributed by atoms with Gasteiger partial charge in [-0.2, -0.15) is 0 Å². The van der Waals surface area contributed by atoms with E-state index in [2.05, 4.69) is 25.2 Å². The highest BCUT2D eigenvalue weighted by molar-refractivity contribution is 5.72. The Hall–Kier alpha value is -1.70. The Kier molecular flexibility index (Phi) is 12.9. The monoisotopic (exact) mass is 592 g/mol. The van der Waals surface area contributed by atoms with Crippen LogP contribution in [0.3, 0.4) is 0 Å². The Labute approximate surface area is 255 Å². The molecule has 0 bridgehead atoms. The molecule has 0 saturated carbocycles. The average molecular weight is 593 g/mol. The van der Waals surface area contributed by atoms with Crippen LogP contribution in [0, 0.1) is 23.7 Å². The third-order valence-corrected chi connectivity index (χ3v) is 7.84. The summed E-state index contributed by atoms with van der Waals surface area (Å²) in [6.45, 7) is 23.8. The quantitative estimate of drug-likeness (QED) is 0.237. The fraction of sp³-hybridized carbons (Fsp3) is 0.829. The van der Waals surface area contributed by atoms with Crippen LogP contribution in [-0.4, -0.2) is 58.3 Å². The zero-order valence-corrected chi connectivity index (χ0v) is 28.5. The average Bonchev–Trinajstić information content (AvgIpc) is 2.79. The molecule has 2 aliphatic carbocycles. The maximum absolute atomic E-state index is 13.0. The molecular weight excluding hydrogens is 532 g/mol. The first-order chi connectivity index (χ1) is 19.2. The molecule has 0 aliphatic heterocycles. The SMILES string of the molecule is CC[C@H](C)C(=O)O[C@H]1C[C@H](OC(C)(C)C)C=C2C=C[C@H](C)[C@H](CC[C@H](C[C@@H](O)CC(=O)OC(C)(C)C)OC(C)(C)C)[C@H]21. The van der Waals surface area contributed by atoms with Gasteiger partial charge >= 0.3 is 11.9 Å². The lowest BCUT2D eigenvalue weighted by atomic mass is 9.66. The third kappa shape index (κ3) is 12.5. The highest BCUT2D eigenvalue weighted by Gasteiger charge is 2.43. The van der Waals surface area contributed by atoms with Crippen LogP contribution in [0.1, 0.15) is 122 Å². The predicted molar refractivity (Wildman–Crippen MR) is 167 cm³/mol. The van der Waals surface area contributed by atoms with Crippen LogP contribution in [0.15, 0.2) is 23.8 Å². The Morgan fingerprint density at radius 3 is 2.21 bits per heavy atom. The van der Waals surface area contributed by atoms with E-state index in [0.29, 0.717) is 19.3 Å². The summed E-state index contributed by atoms with van der Waals surface area (Å²) in [4.78, 5) is 25.4. The number of aliphatic hydroxyl groups excluding tert-OH is 1. The number of carbonyl (C=O) groups excluding carboxylic acids is 2. The summed E-state index contributed by atoms with van der Waals surface area (Å²) in [5, 5.41) is 10.8. The summed E-state index contributed by atoms with van der Waals surface area (Å²) in [6.07, 6.45) is 8.30. The minimum absolute atomic E-state index is 0.0554. The number of fused-ring (bicyclic) bond motifs is 1. The second kappa shape index (κ2) is 14.9. The minimum Gasteiger partial charge on any atom is -0.461 e. The van der Waals surface area contributed by atoms with Crippen LogP contribution in [0.4, 0.5) is 0 Å². The van der Waals surface area contributed by atoms with Crippen molar-refractivity contribution in [2.75, 3.05) is 0 Å². The number of ether oxygens (including phenoxy) is 4. The molecule has 0 aromatic rings. The second-order valence-electron chi connectivity index (χ2n) is 15.5. The van der Waals surface area contributed by atoms with Crippen LogP contribution >= 0.6 is 0 Å². The van der Waals surface area contributed by atoms with E-state index >= 15 is 0 Å². The number of hydrogen-bond acceptors (Lipinski definition) is 7. The molecule has 42 heavy (non-hydrogen) atoms. The fourth-order valence-corrected chi connectivity index (χ4v) is 6.00. The van der Waals surface area contributed by atoms with Gasteiger partial charge in [0.25, 0.3) is 0 Å². The summed E-state index contributed by atoms with van der Waals surface area (Å²) >= 11 is 0. The lowest BCUT2D eigenvalue weighted by molar-refractivity contribution is -0.162. The maximum Gasteiger partial charge on any atom is 0.308 e. The van der Waals surface area contributed by atoms with Gasteiger partial charge in [0, 0.05) is 18.8 Å². The first kappa shape index (κ1) is 36.5. The molecule has 2 rings (SSSR count). The van der Waals surface area contributed by atoms with Gasteiger partial charge in [-0.25, -0.2) is 0 Å². The number of hydrogen-bond donors (Lipinski definition) is 1. The minimum atomic E-state index is -0.861. The van der Waals surface area contributed by atoms with Gasteiger partial charge in [0.05, 0.1) is 41.9 Å². The molecule has 8 atom stereocenters. The lowest BCUT2D eigenvalue weighted by Gasteiger charge is -2.44. The van der Waals surface area contributed by atoms with E-state index in [4.69, 9.17) is 18.9 Å². The Morgan fingerprint density at radius 1 is 1.02 bits per heavy atom. The van der Waals surface area contributed by atoms with Crippen molar-refractivity contribution in [3.05, 3.63) is 23.8 Å². The molecule has 0 heterocycles. The van der Waals surface area contributed by atoms with E-state index in [9.17, 15) is 14.7 Å². The normalized spacial score (nSPS) is 27.0. The molecule has 0 radical (unpaired) electrons. The molecule has 2 aliphatic rings. The highest BCUT2D eigenvalue weighted by atomic mass is 16.6. The molecule has 0 aromatic heterocycles. The van der Waals surface area contributed by atoms with Gasteiger partial charge in [-0.15, -0.1) is 0 Å². The van der Waals surface area contributed by atoms with Gasteiger partial charge in [-0.3, -0.25) is 9.59 Å². The fourth-order valence-electron chi connectivity index (χ4n) is 6.00. The third-order valence-electron chi connectivity index (χ3n) is 7.84. The molecule has 1 N–H and O–H groups in total. The molecule has 0 aromatic carbocycles. The number of aliphatic hydroxyl groups is 1. The second-order valence-corrected chi connectivity index (χ2v) is 15.5. The molecule has 0 fully saturated rings. The molecular formula is C35H60O7. The Balaban J connectivity index is 2.27. The van der Waals surface area contributed by atoms with Crippen molar-refractivity contribution in [1.82, 2.24) is 0 Å². The van der Waals surface area contributed by atoms with Crippen molar-refractivity contribution in [1.29, 1.82) is 0 Å². The maximum atomic E-state index is 13.0. The van der Waals surface area contributed by atoms with Crippen LogP contribution in [0.25, 0.3) is 0 Å². The van der Waals surface area contributed by atoms with E-state index < -0.39 is 23.3 Å². The van der Waals surface area contributed by atoms with Gasteiger partial charge in [0.15, 0.2) is 0 Å². The topological polar surface area (TPSA) is 91.3 Å². The summed E-state index contributed by atoms with van der Waals surface area (Å²) in [7, 11) is 0. The van der Waals surface area contributed by atoms with E-state index in [0.717, 1.165) is 12.8 Å². The summed E-state index contributed by atoms with van der Waals surface area (Å²) in [6, 6.07) is 0. The van der Waals surface area contributed by atoms with Gasteiger partial charge in [0.2, 0.25) is 0 Å². The molecule has 0 spiro atoms.